The van der Waals surface area contributed by atoms with E-state index in [2.05, 4.69) is 12.1 Å². The molecule has 1 aromatic heterocycles. The molecule has 3 aromatic rings. The van der Waals surface area contributed by atoms with Crippen molar-refractivity contribution in [3.63, 3.8) is 0 Å². The normalized spacial score (nSPS) is 10.6. The standard InChI is InChI=1S/C22H22O4S/c1-3-25-21-19(16-12-13-24-14-16)11-10-17(20(21)22(23)26-4-2)15-27-18-8-6-5-7-9-18/h5-14H,3-4,15H2,1-2H3. The van der Waals surface area contributed by atoms with Crippen molar-refractivity contribution >= 4 is 17.7 Å². The van der Waals surface area contributed by atoms with Crippen LogP contribution in [0.5, 0.6) is 5.75 Å². The van der Waals surface area contributed by atoms with E-state index < -0.39 is 0 Å². The van der Waals surface area contributed by atoms with E-state index in [1.165, 1.54) is 0 Å². The van der Waals surface area contributed by atoms with Crippen molar-refractivity contribution in [3.8, 4) is 16.9 Å². The van der Waals surface area contributed by atoms with Gasteiger partial charge in [-0.25, -0.2) is 4.79 Å². The lowest BCUT2D eigenvalue weighted by Gasteiger charge is -2.17. The lowest BCUT2D eigenvalue weighted by atomic mass is 9.99. The smallest absolute Gasteiger partial charge is 0.342 e. The van der Waals surface area contributed by atoms with Crippen LogP contribution in [0.3, 0.4) is 0 Å². The Bertz CT molecular complexity index is 873. The quantitative estimate of drug-likeness (QED) is 0.363. The van der Waals surface area contributed by atoms with Crippen LogP contribution in [-0.2, 0) is 10.5 Å². The molecule has 0 spiro atoms. The number of hydrogen-bond acceptors (Lipinski definition) is 5. The maximum atomic E-state index is 12.8. The van der Waals surface area contributed by atoms with Crippen molar-refractivity contribution in [2.45, 2.75) is 24.5 Å². The van der Waals surface area contributed by atoms with E-state index in [1.54, 1.807) is 31.2 Å². The molecule has 0 unspecified atom stereocenters. The molecule has 140 valence electrons. The largest absolute Gasteiger partial charge is 0.492 e. The van der Waals surface area contributed by atoms with E-state index in [0.717, 1.165) is 21.6 Å². The van der Waals surface area contributed by atoms with Crippen LogP contribution >= 0.6 is 11.8 Å². The molecule has 0 aliphatic carbocycles. The molecule has 0 saturated heterocycles. The summed E-state index contributed by atoms with van der Waals surface area (Å²) in [6.07, 6.45) is 3.25. The lowest BCUT2D eigenvalue weighted by Crippen LogP contribution is -2.12. The van der Waals surface area contributed by atoms with Gasteiger partial charge in [0.05, 0.1) is 25.7 Å². The highest BCUT2D eigenvalue weighted by Gasteiger charge is 2.23. The highest BCUT2D eigenvalue weighted by atomic mass is 32.2. The second kappa shape index (κ2) is 9.33. The molecule has 0 aliphatic rings. The Kier molecular flexibility index (Phi) is 6.60. The van der Waals surface area contributed by atoms with Crippen LogP contribution in [0, 0.1) is 0 Å². The van der Waals surface area contributed by atoms with Gasteiger partial charge in [-0.1, -0.05) is 30.3 Å². The number of ether oxygens (including phenoxy) is 2. The van der Waals surface area contributed by atoms with Crippen LogP contribution in [0.1, 0.15) is 29.8 Å². The number of carbonyl (C=O) groups excluding carboxylic acids is 1. The summed E-state index contributed by atoms with van der Waals surface area (Å²) in [5.41, 5.74) is 3.06. The zero-order valence-corrected chi connectivity index (χ0v) is 16.3. The van der Waals surface area contributed by atoms with Gasteiger partial charge < -0.3 is 13.9 Å². The second-order valence-electron chi connectivity index (χ2n) is 5.74. The van der Waals surface area contributed by atoms with Crippen molar-refractivity contribution in [2.24, 2.45) is 0 Å². The number of benzene rings is 2. The molecule has 0 aliphatic heterocycles. The maximum Gasteiger partial charge on any atom is 0.342 e. The molecule has 2 aromatic carbocycles. The van der Waals surface area contributed by atoms with Gasteiger partial charge in [0.1, 0.15) is 11.3 Å². The number of hydrogen-bond donors (Lipinski definition) is 0. The third kappa shape index (κ3) is 4.55. The van der Waals surface area contributed by atoms with Crippen LogP contribution in [0.15, 0.2) is 70.4 Å². The number of furan rings is 1. The van der Waals surface area contributed by atoms with E-state index in [4.69, 9.17) is 13.9 Å². The summed E-state index contributed by atoms with van der Waals surface area (Å²) in [5.74, 6) is 0.822. The minimum absolute atomic E-state index is 0.311. The van der Waals surface area contributed by atoms with Crippen molar-refractivity contribution in [3.05, 3.63) is 72.2 Å². The summed E-state index contributed by atoms with van der Waals surface area (Å²) in [6.45, 7) is 4.47. The summed E-state index contributed by atoms with van der Waals surface area (Å²) in [6, 6.07) is 15.9. The fourth-order valence-corrected chi connectivity index (χ4v) is 3.70. The highest BCUT2D eigenvalue weighted by Crippen LogP contribution is 2.38. The zero-order chi connectivity index (χ0) is 19.1. The average molecular weight is 382 g/mol. The molecular formula is C22H22O4S. The van der Waals surface area contributed by atoms with Crippen molar-refractivity contribution in [1.82, 2.24) is 0 Å². The van der Waals surface area contributed by atoms with E-state index in [9.17, 15) is 4.79 Å². The molecule has 3 rings (SSSR count). The zero-order valence-electron chi connectivity index (χ0n) is 15.4. The van der Waals surface area contributed by atoms with Gasteiger partial charge >= 0.3 is 5.97 Å². The minimum Gasteiger partial charge on any atom is -0.492 e. The predicted molar refractivity (Wildman–Crippen MR) is 107 cm³/mol. The number of esters is 1. The van der Waals surface area contributed by atoms with Crippen molar-refractivity contribution < 1.29 is 18.7 Å². The Morgan fingerprint density at radius 1 is 1.04 bits per heavy atom. The van der Waals surface area contributed by atoms with Gasteiger partial charge in [0, 0.05) is 21.8 Å². The number of thioether (sulfide) groups is 1. The van der Waals surface area contributed by atoms with Crippen LogP contribution in [0.25, 0.3) is 11.1 Å². The molecule has 4 nitrogen and oxygen atoms in total. The highest BCUT2D eigenvalue weighted by molar-refractivity contribution is 7.98. The molecule has 5 heteroatoms. The van der Waals surface area contributed by atoms with Crippen LogP contribution in [0.2, 0.25) is 0 Å². The molecule has 27 heavy (non-hydrogen) atoms. The molecule has 0 saturated carbocycles. The first-order valence-corrected chi connectivity index (χ1v) is 9.89. The Labute approximate surface area is 163 Å². The average Bonchev–Trinajstić information content (AvgIpc) is 3.22. The summed E-state index contributed by atoms with van der Waals surface area (Å²) in [7, 11) is 0. The van der Waals surface area contributed by atoms with Gasteiger partial charge in [-0.05, 0) is 37.6 Å². The van der Waals surface area contributed by atoms with Crippen LogP contribution < -0.4 is 4.74 Å². The molecule has 0 N–H and O–H groups in total. The lowest BCUT2D eigenvalue weighted by molar-refractivity contribution is 0.0521. The van der Waals surface area contributed by atoms with E-state index >= 15 is 0 Å². The number of rotatable bonds is 8. The van der Waals surface area contributed by atoms with Gasteiger partial charge in [0.15, 0.2) is 0 Å². The topological polar surface area (TPSA) is 48.7 Å². The summed E-state index contributed by atoms with van der Waals surface area (Å²) >= 11 is 1.67. The molecular weight excluding hydrogens is 360 g/mol. The third-order valence-corrected chi connectivity index (χ3v) is 5.04. The van der Waals surface area contributed by atoms with Gasteiger partial charge in [-0.3, -0.25) is 0 Å². The van der Waals surface area contributed by atoms with Gasteiger partial charge in [0.2, 0.25) is 0 Å². The molecule has 1 heterocycles. The van der Waals surface area contributed by atoms with Gasteiger partial charge in [-0.15, -0.1) is 11.8 Å². The molecule has 0 radical (unpaired) electrons. The molecule has 0 amide bonds. The van der Waals surface area contributed by atoms with E-state index in [0.29, 0.717) is 30.3 Å². The van der Waals surface area contributed by atoms with E-state index in [1.807, 2.05) is 43.3 Å². The molecule has 0 atom stereocenters. The van der Waals surface area contributed by atoms with E-state index in [-0.39, 0.29) is 5.97 Å². The molecule has 0 fully saturated rings. The number of carbonyl (C=O) groups is 1. The summed E-state index contributed by atoms with van der Waals surface area (Å²) < 4.78 is 16.4. The third-order valence-electron chi connectivity index (χ3n) is 3.98. The summed E-state index contributed by atoms with van der Waals surface area (Å²) in [5, 5.41) is 0. The SMILES string of the molecule is CCOC(=O)c1c(CSc2ccccc2)ccc(-c2ccoc2)c1OCC. The monoisotopic (exact) mass is 382 g/mol. The van der Waals surface area contributed by atoms with Gasteiger partial charge in [0.25, 0.3) is 0 Å². The summed E-state index contributed by atoms with van der Waals surface area (Å²) in [4.78, 5) is 13.9. The first-order valence-electron chi connectivity index (χ1n) is 8.90. The maximum absolute atomic E-state index is 12.8. The fourth-order valence-electron chi connectivity index (χ4n) is 2.79. The van der Waals surface area contributed by atoms with Crippen molar-refractivity contribution in [1.29, 1.82) is 0 Å². The Hall–Kier alpha value is -2.66. The first-order chi connectivity index (χ1) is 13.2. The Morgan fingerprint density at radius 3 is 2.52 bits per heavy atom. The first kappa shape index (κ1) is 19.1. The molecule has 0 bridgehead atoms. The fraction of sp³-hybridized carbons (Fsp3) is 0.227. The van der Waals surface area contributed by atoms with Crippen LogP contribution in [-0.4, -0.2) is 19.2 Å². The van der Waals surface area contributed by atoms with Crippen molar-refractivity contribution in [2.75, 3.05) is 13.2 Å². The minimum atomic E-state index is -0.366. The predicted octanol–water partition coefficient (Wildman–Crippen LogP) is 5.81. The Balaban J connectivity index is 2.03. The second-order valence-corrected chi connectivity index (χ2v) is 6.79. The van der Waals surface area contributed by atoms with Crippen LogP contribution in [0.4, 0.5) is 0 Å². The van der Waals surface area contributed by atoms with Gasteiger partial charge in [-0.2, -0.15) is 0 Å². The Morgan fingerprint density at radius 2 is 1.85 bits per heavy atom.